The third kappa shape index (κ3) is 5.64. The van der Waals surface area contributed by atoms with Gasteiger partial charge in [0.15, 0.2) is 0 Å². The van der Waals surface area contributed by atoms with Gasteiger partial charge in [-0.3, -0.25) is 9.59 Å². The number of fused-ring (bicyclic) bond motifs is 1. The number of imidazole rings is 1. The molecule has 0 aliphatic carbocycles. The first kappa shape index (κ1) is 22.4. The Balaban J connectivity index is 1.78. The van der Waals surface area contributed by atoms with E-state index >= 15 is 0 Å². The number of nitrogens with zero attached hydrogens (tertiary/aromatic N) is 1. The molecule has 7 N–H and O–H groups in total. The maximum absolute atomic E-state index is 12.9. The SMILES string of the molecule is NC(Cc1cnc[nH]1)C(=O)NC(Cc1c[nH]c2ccccc12)C(=O)NC(CS)C(=O)O. The van der Waals surface area contributed by atoms with Crippen LogP contribution in [0.2, 0.25) is 0 Å². The number of aromatic amines is 2. The van der Waals surface area contributed by atoms with Gasteiger partial charge in [0, 0.05) is 47.6 Å². The summed E-state index contributed by atoms with van der Waals surface area (Å²) in [6, 6.07) is 4.42. The number of carbonyl (C=O) groups is 3. The minimum absolute atomic E-state index is 0.0891. The third-order valence-corrected chi connectivity index (χ3v) is 5.23. The van der Waals surface area contributed by atoms with Crippen molar-refractivity contribution in [2.45, 2.75) is 31.0 Å². The number of para-hydroxylation sites is 1. The average Bonchev–Trinajstić information content (AvgIpc) is 3.41. The van der Waals surface area contributed by atoms with Gasteiger partial charge in [0.2, 0.25) is 11.8 Å². The lowest BCUT2D eigenvalue weighted by Crippen LogP contribution is -2.55. The largest absolute Gasteiger partial charge is 0.480 e. The highest BCUT2D eigenvalue weighted by molar-refractivity contribution is 7.80. The second-order valence-electron chi connectivity index (χ2n) is 7.09. The van der Waals surface area contributed by atoms with Gasteiger partial charge in [0.1, 0.15) is 12.1 Å². The molecule has 0 fully saturated rings. The van der Waals surface area contributed by atoms with Crippen molar-refractivity contribution in [2.24, 2.45) is 5.73 Å². The van der Waals surface area contributed by atoms with Gasteiger partial charge in [-0.1, -0.05) is 18.2 Å². The van der Waals surface area contributed by atoms with Gasteiger partial charge in [-0.25, -0.2) is 9.78 Å². The van der Waals surface area contributed by atoms with Crippen molar-refractivity contribution in [2.75, 3.05) is 5.75 Å². The molecule has 164 valence electrons. The lowest BCUT2D eigenvalue weighted by atomic mass is 10.0. The number of aromatic nitrogens is 3. The van der Waals surface area contributed by atoms with E-state index in [1.165, 1.54) is 6.33 Å². The summed E-state index contributed by atoms with van der Waals surface area (Å²) in [5, 5.41) is 15.2. The highest BCUT2D eigenvalue weighted by Gasteiger charge is 2.28. The van der Waals surface area contributed by atoms with Crippen molar-refractivity contribution in [3.63, 3.8) is 0 Å². The Morgan fingerprint density at radius 3 is 2.52 bits per heavy atom. The highest BCUT2D eigenvalue weighted by Crippen LogP contribution is 2.19. The van der Waals surface area contributed by atoms with Crippen LogP contribution in [0.15, 0.2) is 43.0 Å². The molecule has 3 rings (SSSR count). The Labute approximate surface area is 183 Å². The highest BCUT2D eigenvalue weighted by atomic mass is 32.1. The molecule has 0 radical (unpaired) electrons. The fourth-order valence-electron chi connectivity index (χ4n) is 3.19. The number of carboxylic acid groups (broad SMARTS) is 1. The van der Waals surface area contributed by atoms with Crippen molar-refractivity contribution in [3.05, 3.63) is 54.2 Å². The van der Waals surface area contributed by atoms with Crippen LogP contribution in [0.3, 0.4) is 0 Å². The van der Waals surface area contributed by atoms with Crippen LogP contribution in [0.1, 0.15) is 11.3 Å². The Kier molecular flexibility index (Phi) is 7.32. The molecule has 3 aromatic rings. The van der Waals surface area contributed by atoms with Gasteiger partial charge in [0.25, 0.3) is 0 Å². The maximum Gasteiger partial charge on any atom is 0.327 e. The van der Waals surface area contributed by atoms with E-state index in [-0.39, 0.29) is 18.6 Å². The minimum atomic E-state index is -1.21. The number of carbonyl (C=O) groups excluding carboxylic acids is 2. The fourth-order valence-corrected chi connectivity index (χ4v) is 3.44. The topological polar surface area (TPSA) is 166 Å². The number of hydrogen-bond acceptors (Lipinski definition) is 6. The Morgan fingerprint density at radius 1 is 1.10 bits per heavy atom. The van der Waals surface area contributed by atoms with Gasteiger partial charge in [-0.05, 0) is 11.6 Å². The van der Waals surface area contributed by atoms with Gasteiger partial charge in [-0.15, -0.1) is 0 Å². The molecular formula is C20H24N6O4S. The Hall–Kier alpha value is -3.31. The summed E-state index contributed by atoms with van der Waals surface area (Å²) in [5.74, 6) is -2.47. The monoisotopic (exact) mass is 444 g/mol. The Bertz CT molecular complexity index is 1050. The molecule has 2 heterocycles. The molecule has 0 saturated carbocycles. The summed E-state index contributed by atoms with van der Waals surface area (Å²) in [4.78, 5) is 46.7. The zero-order valence-corrected chi connectivity index (χ0v) is 17.4. The number of thiol groups is 1. The molecule has 0 aliphatic rings. The second-order valence-corrected chi connectivity index (χ2v) is 7.46. The molecular weight excluding hydrogens is 420 g/mol. The van der Waals surface area contributed by atoms with Gasteiger partial charge in [0.05, 0.1) is 12.4 Å². The van der Waals surface area contributed by atoms with Crippen LogP contribution in [-0.4, -0.2) is 61.7 Å². The first-order chi connectivity index (χ1) is 14.9. The summed E-state index contributed by atoms with van der Waals surface area (Å²) < 4.78 is 0. The van der Waals surface area contributed by atoms with Crippen molar-refractivity contribution in [3.8, 4) is 0 Å². The lowest BCUT2D eigenvalue weighted by molar-refractivity contribution is -0.141. The summed E-state index contributed by atoms with van der Waals surface area (Å²) in [6.45, 7) is 0. The average molecular weight is 445 g/mol. The number of benzene rings is 1. The predicted octanol–water partition coefficient (Wildman–Crippen LogP) is -0.0125. The van der Waals surface area contributed by atoms with E-state index < -0.39 is 35.9 Å². The molecule has 3 atom stereocenters. The van der Waals surface area contributed by atoms with Crippen molar-refractivity contribution in [1.82, 2.24) is 25.6 Å². The number of H-pyrrole nitrogens is 2. The smallest absolute Gasteiger partial charge is 0.327 e. The molecule has 0 aliphatic heterocycles. The zero-order valence-electron chi connectivity index (χ0n) is 16.5. The number of aliphatic carboxylic acids is 1. The summed E-state index contributed by atoms with van der Waals surface area (Å²) in [7, 11) is 0. The van der Waals surface area contributed by atoms with E-state index in [1.807, 2.05) is 24.3 Å². The number of hydrogen-bond donors (Lipinski definition) is 7. The van der Waals surface area contributed by atoms with Crippen LogP contribution in [0, 0.1) is 0 Å². The van der Waals surface area contributed by atoms with Crippen LogP contribution in [0.4, 0.5) is 0 Å². The van der Waals surface area contributed by atoms with Crippen LogP contribution in [0.5, 0.6) is 0 Å². The van der Waals surface area contributed by atoms with Crippen molar-refractivity contribution in [1.29, 1.82) is 0 Å². The number of carboxylic acids is 1. The molecule has 0 saturated heterocycles. The molecule has 2 aromatic heterocycles. The summed E-state index contributed by atoms with van der Waals surface area (Å²) in [5.41, 5.74) is 8.36. The zero-order chi connectivity index (χ0) is 22.4. The first-order valence-corrected chi connectivity index (χ1v) is 10.2. The van der Waals surface area contributed by atoms with Crippen LogP contribution in [-0.2, 0) is 27.2 Å². The van der Waals surface area contributed by atoms with Crippen LogP contribution < -0.4 is 16.4 Å². The number of nitrogens with two attached hydrogens (primary N) is 1. The van der Waals surface area contributed by atoms with E-state index in [0.717, 1.165) is 16.5 Å². The molecule has 3 unspecified atom stereocenters. The normalized spacial score (nSPS) is 14.0. The molecule has 1 aromatic carbocycles. The molecule has 10 nitrogen and oxygen atoms in total. The quantitative estimate of drug-likeness (QED) is 0.217. The number of rotatable bonds is 10. The van der Waals surface area contributed by atoms with Gasteiger partial charge >= 0.3 is 5.97 Å². The molecule has 0 bridgehead atoms. The van der Waals surface area contributed by atoms with Crippen molar-refractivity contribution < 1.29 is 19.5 Å². The van der Waals surface area contributed by atoms with Gasteiger partial charge in [-0.2, -0.15) is 12.6 Å². The first-order valence-electron chi connectivity index (χ1n) is 9.61. The third-order valence-electron chi connectivity index (χ3n) is 4.86. The summed E-state index contributed by atoms with van der Waals surface area (Å²) in [6.07, 6.45) is 5.16. The van der Waals surface area contributed by atoms with Gasteiger partial charge < -0.3 is 31.4 Å². The minimum Gasteiger partial charge on any atom is -0.480 e. The summed E-state index contributed by atoms with van der Waals surface area (Å²) >= 11 is 3.97. The van der Waals surface area contributed by atoms with Crippen molar-refractivity contribution >= 4 is 41.3 Å². The van der Waals surface area contributed by atoms with E-state index in [9.17, 15) is 19.5 Å². The Morgan fingerprint density at radius 2 is 1.84 bits per heavy atom. The van der Waals surface area contributed by atoms with E-state index in [0.29, 0.717) is 5.69 Å². The number of amides is 2. The van der Waals surface area contributed by atoms with E-state index in [4.69, 9.17) is 5.73 Å². The molecule has 0 spiro atoms. The standard InChI is InChI=1S/C20H24N6O4S/c21-14(6-12-8-22-10-24-12)18(27)25-16(19(28)26-17(9-31)20(29)30)5-11-7-23-15-4-2-1-3-13(11)15/h1-4,7-8,10,14,16-17,23,31H,5-6,9,21H2,(H,22,24)(H,25,27)(H,26,28)(H,29,30). The van der Waals surface area contributed by atoms with E-state index in [2.05, 4.69) is 38.2 Å². The number of nitrogens with one attached hydrogen (secondary N) is 4. The molecule has 2 amide bonds. The molecule has 31 heavy (non-hydrogen) atoms. The maximum atomic E-state index is 12.9. The van der Waals surface area contributed by atoms with E-state index in [1.54, 1.807) is 12.4 Å². The fraction of sp³-hybridized carbons (Fsp3) is 0.300. The predicted molar refractivity (Wildman–Crippen MR) is 118 cm³/mol. The van der Waals surface area contributed by atoms with Crippen LogP contribution in [0.25, 0.3) is 10.9 Å². The van der Waals surface area contributed by atoms with Crippen LogP contribution >= 0.6 is 12.6 Å². The second kappa shape index (κ2) is 10.1. The molecule has 11 heteroatoms. The lowest BCUT2D eigenvalue weighted by Gasteiger charge is -2.22.